The van der Waals surface area contributed by atoms with Crippen molar-refractivity contribution >= 4 is 17.3 Å². The third kappa shape index (κ3) is 4.86. The van der Waals surface area contributed by atoms with Gasteiger partial charge in [-0.25, -0.2) is 0 Å². The van der Waals surface area contributed by atoms with Crippen molar-refractivity contribution in [1.82, 2.24) is 15.6 Å². The third-order valence-electron chi connectivity index (χ3n) is 3.10. The standard InChI is InChI=1S/C16H22N4S/c1-4-14-8-9-15(21-14)11-19-16(17-3)18-10-13-7-5-6-12(2)20-13/h5-9H,4,10-11H2,1-3H3,(H2,17,18,19). The highest BCUT2D eigenvalue weighted by Gasteiger charge is 2.02. The molecule has 4 nitrogen and oxygen atoms in total. The Hall–Kier alpha value is -1.88. The van der Waals surface area contributed by atoms with Crippen LogP contribution in [0.2, 0.25) is 0 Å². The number of guanidine groups is 1. The Kier molecular flexibility index (Phi) is 5.75. The molecule has 0 bridgehead atoms. The smallest absolute Gasteiger partial charge is 0.191 e. The van der Waals surface area contributed by atoms with E-state index in [4.69, 9.17) is 0 Å². The predicted molar refractivity (Wildman–Crippen MR) is 89.7 cm³/mol. The second-order valence-corrected chi connectivity index (χ2v) is 6.02. The normalized spacial score (nSPS) is 11.5. The molecule has 0 aliphatic carbocycles. The zero-order valence-corrected chi connectivity index (χ0v) is 13.6. The molecule has 0 unspecified atom stereocenters. The van der Waals surface area contributed by atoms with Gasteiger partial charge in [-0.05, 0) is 37.6 Å². The SMILES string of the molecule is CCc1ccc(CNC(=NC)NCc2cccc(C)n2)s1. The molecule has 0 amide bonds. The van der Waals surface area contributed by atoms with E-state index in [9.17, 15) is 0 Å². The van der Waals surface area contributed by atoms with Crippen molar-refractivity contribution in [2.45, 2.75) is 33.4 Å². The molecular formula is C16H22N4S. The Balaban J connectivity index is 1.83. The lowest BCUT2D eigenvalue weighted by Gasteiger charge is -2.11. The van der Waals surface area contributed by atoms with E-state index < -0.39 is 0 Å². The molecule has 0 atom stereocenters. The van der Waals surface area contributed by atoms with E-state index >= 15 is 0 Å². The summed E-state index contributed by atoms with van der Waals surface area (Å²) < 4.78 is 0. The van der Waals surface area contributed by atoms with Gasteiger partial charge in [0.1, 0.15) is 0 Å². The highest BCUT2D eigenvalue weighted by molar-refractivity contribution is 7.11. The summed E-state index contributed by atoms with van der Waals surface area (Å²) >= 11 is 1.84. The van der Waals surface area contributed by atoms with E-state index in [2.05, 4.69) is 39.7 Å². The van der Waals surface area contributed by atoms with Gasteiger partial charge < -0.3 is 10.6 Å². The number of nitrogens with one attached hydrogen (secondary N) is 2. The second kappa shape index (κ2) is 7.78. The summed E-state index contributed by atoms with van der Waals surface area (Å²) in [6.45, 7) is 5.65. The van der Waals surface area contributed by atoms with Crippen molar-refractivity contribution in [2.24, 2.45) is 4.99 Å². The molecule has 21 heavy (non-hydrogen) atoms. The van der Waals surface area contributed by atoms with Crippen molar-refractivity contribution in [1.29, 1.82) is 0 Å². The largest absolute Gasteiger partial charge is 0.352 e. The molecule has 2 rings (SSSR count). The van der Waals surface area contributed by atoms with Gasteiger partial charge in [-0.15, -0.1) is 11.3 Å². The molecule has 2 N–H and O–H groups in total. The Morgan fingerprint density at radius 3 is 2.57 bits per heavy atom. The molecule has 0 radical (unpaired) electrons. The van der Waals surface area contributed by atoms with Gasteiger partial charge in [-0.2, -0.15) is 0 Å². The number of thiophene rings is 1. The van der Waals surface area contributed by atoms with Gasteiger partial charge >= 0.3 is 0 Å². The van der Waals surface area contributed by atoms with Crippen molar-refractivity contribution in [2.75, 3.05) is 7.05 Å². The minimum atomic E-state index is 0.673. The van der Waals surface area contributed by atoms with Gasteiger partial charge in [0.15, 0.2) is 5.96 Å². The molecule has 0 saturated carbocycles. The van der Waals surface area contributed by atoms with Gasteiger partial charge in [-0.3, -0.25) is 9.98 Å². The Labute approximate surface area is 130 Å². The van der Waals surface area contributed by atoms with E-state index in [0.29, 0.717) is 6.54 Å². The summed E-state index contributed by atoms with van der Waals surface area (Å²) in [5.41, 5.74) is 2.05. The Morgan fingerprint density at radius 1 is 1.14 bits per heavy atom. The topological polar surface area (TPSA) is 49.3 Å². The average Bonchev–Trinajstić information content (AvgIpc) is 2.95. The molecule has 0 aliphatic rings. The molecule has 112 valence electrons. The van der Waals surface area contributed by atoms with Gasteiger partial charge in [0.2, 0.25) is 0 Å². The number of nitrogens with zero attached hydrogens (tertiary/aromatic N) is 2. The maximum absolute atomic E-state index is 4.47. The highest BCUT2D eigenvalue weighted by atomic mass is 32.1. The van der Waals surface area contributed by atoms with E-state index in [-0.39, 0.29) is 0 Å². The Morgan fingerprint density at radius 2 is 1.90 bits per heavy atom. The number of aryl methyl sites for hydroxylation is 2. The number of hydrogen-bond donors (Lipinski definition) is 2. The first kappa shape index (κ1) is 15.5. The molecular weight excluding hydrogens is 280 g/mol. The summed E-state index contributed by atoms with van der Waals surface area (Å²) in [5.74, 6) is 0.796. The molecule has 0 saturated heterocycles. The molecule has 0 spiro atoms. The fourth-order valence-corrected chi connectivity index (χ4v) is 2.87. The third-order valence-corrected chi connectivity index (χ3v) is 4.33. The van der Waals surface area contributed by atoms with Gasteiger partial charge in [-0.1, -0.05) is 13.0 Å². The van der Waals surface area contributed by atoms with E-state index in [1.54, 1.807) is 7.05 Å². The summed E-state index contributed by atoms with van der Waals surface area (Å²) in [6.07, 6.45) is 1.09. The fraction of sp³-hybridized carbons (Fsp3) is 0.375. The first-order chi connectivity index (χ1) is 10.2. The van der Waals surface area contributed by atoms with Crippen molar-refractivity contribution in [3.63, 3.8) is 0 Å². The molecule has 0 aromatic carbocycles. The molecule has 5 heteroatoms. The zero-order valence-electron chi connectivity index (χ0n) is 12.8. The minimum Gasteiger partial charge on any atom is -0.352 e. The summed E-state index contributed by atoms with van der Waals surface area (Å²) in [6, 6.07) is 10.4. The summed E-state index contributed by atoms with van der Waals surface area (Å²) in [4.78, 5) is 11.4. The summed E-state index contributed by atoms with van der Waals surface area (Å²) in [5, 5.41) is 6.61. The number of hydrogen-bond acceptors (Lipinski definition) is 3. The maximum Gasteiger partial charge on any atom is 0.191 e. The van der Waals surface area contributed by atoms with E-state index in [0.717, 1.165) is 30.3 Å². The van der Waals surface area contributed by atoms with Crippen LogP contribution in [0.4, 0.5) is 0 Å². The van der Waals surface area contributed by atoms with E-state index in [1.165, 1.54) is 9.75 Å². The number of aliphatic imine (C=N–C) groups is 1. The lowest BCUT2D eigenvalue weighted by Crippen LogP contribution is -2.36. The maximum atomic E-state index is 4.47. The highest BCUT2D eigenvalue weighted by Crippen LogP contribution is 2.16. The second-order valence-electron chi connectivity index (χ2n) is 4.77. The minimum absolute atomic E-state index is 0.673. The van der Waals surface area contributed by atoms with Crippen LogP contribution in [-0.2, 0) is 19.5 Å². The molecule has 0 aliphatic heterocycles. The Bertz CT molecular complexity index is 604. The van der Waals surface area contributed by atoms with Crippen LogP contribution >= 0.6 is 11.3 Å². The molecule has 2 aromatic heterocycles. The first-order valence-corrected chi connectivity index (χ1v) is 7.97. The average molecular weight is 302 g/mol. The fourth-order valence-electron chi connectivity index (χ4n) is 1.97. The van der Waals surface area contributed by atoms with Crippen LogP contribution < -0.4 is 10.6 Å². The molecule has 2 heterocycles. The quantitative estimate of drug-likeness (QED) is 0.659. The van der Waals surface area contributed by atoms with Crippen LogP contribution in [0.5, 0.6) is 0 Å². The van der Waals surface area contributed by atoms with Crippen LogP contribution in [0.1, 0.15) is 28.1 Å². The van der Waals surface area contributed by atoms with Gasteiger partial charge in [0.05, 0.1) is 18.8 Å². The number of pyridine rings is 1. The van der Waals surface area contributed by atoms with Gasteiger partial charge in [0, 0.05) is 22.5 Å². The molecule has 2 aromatic rings. The summed E-state index contributed by atoms with van der Waals surface area (Å²) in [7, 11) is 1.78. The van der Waals surface area contributed by atoms with Crippen LogP contribution in [0, 0.1) is 6.92 Å². The van der Waals surface area contributed by atoms with Crippen LogP contribution in [0.25, 0.3) is 0 Å². The zero-order chi connectivity index (χ0) is 15.1. The van der Waals surface area contributed by atoms with Crippen LogP contribution in [0.15, 0.2) is 35.3 Å². The van der Waals surface area contributed by atoms with Crippen molar-refractivity contribution in [3.05, 3.63) is 51.5 Å². The van der Waals surface area contributed by atoms with Crippen LogP contribution in [0.3, 0.4) is 0 Å². The molecule has 0 fully saturated rings. The first-order valence-electron chi connectivity index (χ1n) is 7.16. The number of aromatic nitrogens is 1. The number of rotatable bonds is 5. The van der Waals surface area contributed by atoms with Gasteiger partial charge in [0.25, 0.3) is 0 Å². The lowest BCUT2D eigenvalue weighted by atomic mass is 10.3. The van der Waals surface area contributed by atoms with Crippen LogP contribution in [-0.4, -0.2) is 18.0 Å². The van der Waals surface area contributed by atoms with Crippen molar-refractivity contribution in [3.8, 4) is 0 Å². The monoisotopic (exact) mass is 302 g/mol. The van der Waals surface area contributed by atoms with E-state index in [1.807, 2.05) is 36.5 Å². The lowest BCUT2D eigenvalue weighted by molar-refractivity contribution is 0.796. The van der Waals surface area contributed by atoms with Crippen molar-refractivity contribution < 1.29 is 0 Å². The predicted octanol–water partition coefficient (Wildman–Crippen LogP) is 2.88.